The number of amides is 1. The molecule has 0 saturated carbocycles. The van der Waals surface area contributed by atoms with Crippen molar-refractivity contribution in [3.63, 3.8) is 0 Å². The van der Waals surface area contributed by atoms with E-state index in [9.17, 15) is 4.79 Å². The number of nitrogen functional groups attached to an aromatic ring is 1. The average Bonchev–Trinajstić information content (AvgIpc) is 2.97. The van der Waals surface area contributed by atoms with Crippen LogP contribution in [0.4, 0.5) is 5.69 Å². The lowest BCUT2D eigenvalue weighted by molar-refractivity contribution is 0.0772. The third-order valence-electron chi connectivity index (χ3n) is 4.88. The zero-order valence-corrected chi connectivity index (χ0v) is 12.8. The molecule has 1 atom stereocenters. The van der Waals surface area contributed by atoms with E-state index >= 15 is 0 Å². The number of anilines is 1. The van der Waals surface area contributed by atoms with Crippen molar-refractivity contribution in [2.75, 3.05) is 31.9 Å². The molecule has 0 aliphatic carbocycles. The number of carbonyl (C=O) groups is 1. The Morgan fingerprint density at radius 1 is 1.19 bits per heavy atom. The summed E-state index contributed by atoms with van der Waals surface area (Å²) in [7, 11) is 0. The van der Waals surface area contributed by atoms with Crippen molar-refractivity contribution < 1.29 is 4.79 Å². The first-order chi connectivity index (χ1) is 10.2. The molecule has 1 aromatic carbocycles. The molecule has 1 unspecified atom stereocenters. The molecular weight excluding hydrogens is 262 g/mol. The number of hydrogen-bond acceptors (Lipinski definition) is 3. The number of nitrogens with two attached hydrogens (primary N) is 1. The van der Waals surface area contributed by atoms with E-state index in [2.05, 4.69) is 4.90 Å². The fourth-order valence-electron chi connectivity index (χ4n) is 3.65. The van der Waals surface area contributed by atoms with Gasteiger partial charge in [-0.2, -0.15) is 0 Å². The van der Waals surface area contributed by atoms with Crippen LogP contribution in [0.3, 0.4) is 0 Å². The normalized spacial score (nSPS) is 23.5. The molecule has 2 saturated heterocycles. The van der Waals surface area contributed by atoms with E-state index in [1.54, 1.807) is 0 Å². The molecule has 0 bridgehead atoms. The highest BCUT2D eigenvalue weighted by Gasteiger charge is 2.32. The van der Waals surface area contributed by atoms with Gasteiger partial charge in [0.1, 0.15) is 0 Å². The molecule has 1 aromatic rings. The number of aryl methyl sites for hydroxylation is 1. The van der Waals surface area contributed by atoms with Gasteiger partial charge in [0, 0.05) is 24.8 Å². The van der Waals surface area contributed by atoms with Gasteiger partial charge in [0.25, 0.3) is 5.91 Å². The quantitative estimate of drug-likeness (QED) is 0.849. The van der Waals surface area contributed by atoms with Gasteiger partial charge in [-0.15, -0.1) is 0 Å². The fraction of sp³-hybridized carbons (Fsp3) is 0.588. The number of rotatable bonds is 2. The highest BCUT2D eigenvalue weighted by molar-refractivity contribution is 6.00. The maximum Gasteiger partial charge on any atom is 0.256 e. The first-order valence-electron chi connectivity index (χ1n) is 8.05. The van der Waals surface area contributed by atoms with Crippen molar-refractivity contribution in [2.24, 2.45) is 0 Å². The molecule has 2 N–H and O–H groups in total. The van der Waals surface area contributed by atoms with Crippen LogP contribution in [0, 0.1) is 6.92 Å². The van der Waals surface area contributed by atoms with Crippen LogP contribution in [0.2, 0.25) is 0 Å². The first-order valence-corrected chi connectivity index (χ1v) is 8.05. The molecule has 3 rings (SSSR count). The van der Waals surface area contributed by atoms with Crippen molar-refractivity contribution in [2.45, 2.75) is 38.6 Å². The molecule has 2 heterocycles. The Hall–Kier alpha value is -1.55. The summed E-state index contributed by atoms with van der Waals surface area (Å²) in [6.45, 7) is 6.06. The van der Waals surface area contributed by atoms with Crippen molar-refractivity contribution >= 4 is 11.6 Å². The number of piperidine rings is 1. The Morgan fingerprint density at radius 3 is 2.67 bits per heavy atom. The Kier molecular flexibility index (Phi) is 4.15. The Balaban J connectivity index is 1.69. The highest BCUT2D eigenvalue weighted by Crippen LogP contribution is 2.24. The van der Waals surface area contributed by atoms with Crippen molar-refractivity contribution in [1.82, 2.24) is 9.80 Å². The molecule has 1 amide bonds. The fourth-order valence-corrected chi connectivity index (χ4v) is 3.65. The molecule has 0 aromatic heterocycles. The van der Waals surface area contributed by atoms with Crippen molar-refractivity contribution in [3.05, 3.63) is 29.3 Å². The summed E-state index contributed by atoms with van der Waals surface area (Å²) in [5, 5.41) is 0. The average molecular weight is 287 g/mol. The first kappa shape index (κ1) is 14.4. The van der Waals surface area contributed by atoms with Gasteiger partial charge in [-0.25, -0.2) is 0 Å². The number of nitrogens with zero attached hydrogens (tertiary/aromatic N) is 2. The van der Waals surface area contributed by atoms with Crippen LogP contribution in [-0.2, 0) is 0 Å². The molecule has 2 fully saturated rings. The zero-order valence-electron chi connectivity index (χ0n) is 12.8. The lowest BCUT2D eigenvalue weighted by atomic mass is 10.1. The third kappa shape index (κ3) is 2.91. The number of likely N-dealkylation sites (tertiary alicyclic amines) is 2. The highest BCUT2D eigenvalue weighted by atomic mass is 16.2. The molecule has 21 heavy (non-hydrogen) atoms. The third-order valence-corrected chi connectivity index (χ3v) is 4.88. The smallest absolute Gasteiger partial charge is 0.256 e. The predicted octanol–water partition coefficient (Wildman–Crippen LogP) is 2.28. The summed E-state index contributed by atoms with van der Waals surface area (Å²) in [4.78, 5) is 17.3. The van der Waals surface area contributed by atoms with Gasteiger partial charge < -0.3 is 10.6 Å². The molecule has 2 aliphatic heterocycles. The van der Waals surface area contributed by atoms with Gasteiger partial charge in [-0.1, -0.05) is 18.6 Å². The largest absolute Gasteiger partial charge is 0.398 e. The summed E-state index contributed by atoms with van der Waals surface area (Å²) >= 11 is 0. The Bertz CT molecular complexity index is 503. The van der Waals surface area contributed by atoms with E-state index < -0.39 is 0 Å². The van der Waals surface area contributed by atoms with E-state index in [1.165, 1.54) is 32.4 Å². The van der Waals surface area contributed by atoms with Crippen molar-refractivity contribution in [3.8, 4) is 0 Å². The standard InChI is InChI=1S/C17H25N3O/c1-13-6-5-7-15(18)16(13)17(21)20-11-8-14(12-20)19-9-3-2-4-10-19/h5-7,14H,2-4,8-12,18H2,1H3. The van der Waals surface area contributed by atoms with Gasteiger partial charge in [0.15, 0.2) is 0 Å². The Labute approximate surface area is 126 Å². The van der Waals surface area contributed by atoms with E-state index in [4.69, 9.17) is 5.73 Å². The minimum atomic E-state index is 0.102. The van der Waals surface area contributed by atoms with Gasteiger partial charge >= 0.3 is 0 Å². The van der Waals surface area contributed by atoms with Crippen LogP contribution in [0.1, 0.15) is 41.6 Å². The summed E-state index contributed by atoms with van der Waals surface area (Å²) in [5.74, 6) is 0.102. The summed E-state index contributed by atoms with van der Waals surface area (Å²) in [6.07, 6.45) is 5.05. The SMILES string of the molecule is Cc1cccc(N)c1C(=O)N1CCC(N2CCCCC2)C1. The number of carbonyl (C=O) groups excluding carboxylic acids is 1. The minimum absolute atomic E-state index is 0.102. The van der Waals surface area contributed by atoms with E-state index in [0.29, 0.717) is 17.3 Å². The van der Waals surface area contributed by atoms with Gasteiger partial charge in [-0.3, -0.25) is 9.69 Å². The van der Waals surface area contributed by atoms with Crippen LogP contribution in [-0.4, -0.2) is 47.9 Å². The lowest BCUT2D eigenvalue weighted by Crippen LogP contribution is -2.41. The second kappa shape index (κ2) is 6.06. The summed E-state index contributed by atoms with van der Waals surface area (Å²) in [5.41, 5.74) is 8.27. The molecule has 4 heteroatoms. The number of benzene rings is 1. The second-order valence-electron chi connectivity index (χ2n) is 6.33. The van der Waals surface area contributed by atoms with Crippen LogP contribution in [0.15, 0.2) is 18.2 Å². The van der Waals surface area contributed by atoms with Crippen molar-refractivity contribution in [1.29, 1.82) is 0 Å². The van der Waals surface area contributed by atoms with E-state index in [-0.39, 0.29) is 5.91 Å². The molecule has 4 nitrogen and oxygen atoms in total. The topological polar surface area (TPSA) is 49.6 Å². The van der Waals surface area contributed by atoms with Crippen LogP contribution in [0.25, 0.3) is 0 Å². The second-order valence-corrected chi connectivity index (χ2v) is 6.33. The van der Waals surface area contributed by atoms with Gasteiger partial charge in [0.05, 0.1) is 5.56 Å². The molecule has 2 aliphatic rings. The molecular formula is C17H25N3O. The monoisotopic (exact) mass is 287 g/mol. The summed E-state index contributed by atoms with van der Waals surface area (Å²) < 4.78 is 0. The number of hydrogen-bond donors (Lipinski definition) is 1. The van der Waals surface area contributed by atoms with E-state index in [0.717, 1.165) is 25.1 Å². The van der Waals surface area contributed by atoms with Crippen LogP contribution in [0.5, 0.6) is 0 Å². The van der Waals surface area contributed by atoms with Crippen LogP contribution < -0.4 is 5.73 Å². The zero-order chi connectivity index (χ0) is 14.8. The maximum absolute atomic E-state index is 12.7. The maximum atomic E-state index is 12.7. The predicted molar refractivity (Wildman–Crippen MR) is 85.3 cm³/mol. The molecule has 114 valence electrons. The van der Waals surface area contributed by atoms with Gasteiger partial charge in [-0.05, 0) is 50.9 Å². The van der Waals surface area contributed by atoms with Crippen LogP contribution >= 0.6 is 0 Å². The molecule has 0 radical (unpaired) electrons. The lowest BCUT2D eigenvalue weighted by Gasteiger charge is -2.32. The minimum Gasteiger partial charge on any atom is -0.398 e. The Morgan fingerprint density at radius 2 is 1.95 bits per heavy atom. The summed E-state index contributed by atoms with van der Waals surface area (Å²) in [6, 6.07) is 6.22. The van der Waals surface area contributed by atoms with E-state index in [1.807, 2.05) is 30.0 Å². The van der Waals surface area contributed by atoms with Gasteiger partial charge in [0.2, 0.25) is 0 Å². The molecule has 0 spiro atoms.